The van der Waals surface area contributed by atoms with Crippen LogP contribution in [0.4, 0.5) is 0 Å². The molecule has 0 unspecified atom stereocenters. The van der Waals surface area contributed by atoms with E-state index in [0.29, 0.717) is 13.1 Å². The summed E-state index contributed by atoms with van der Waals surface area (Å²) in [6, 6.07) is 8.09. The number of nitrogens with zero attached hydrogens (tertiary/aromatic N) is 1. The minimum atomic E-state index is -0.191. The van der Waals surface area contributed by atoms with E-state index in [1.807, 2.05) is 18.2 Å². The lowest BCUT2D eigenvalue weighted by atomic mass is 9.94. The van der Waals surface area contributed by atoms with Crippen molar-refractivity contribution in [2.45, 2.75) is 38.8 Å². The fraction of sp³-hybridized carbons (Fsp3) is 0.550. The minimum Gasteiger partial charge on any atom is -0.459 e. The van der Waals surface area contributed by atoms with Gasteiger partial charge in [0, 0.05) is 57.2 Å². The van der Waals surface area contributed by atoms with Crippen molar-refractivity contribution in [2.24, 2.45) is 4.99 Å². The average molecular weight is 359 g/mol. The molecule has 142 valence electrons. The number of guanidine groups is 1. The summed E-state index contributed by atoms with van der Waals surface area (Å²) in [4.78, 5) is 4.70. The number of benzene rings is 1. The van der Waals surface area contributed by atoms with E-state index in [9.17, 15) is 0 Å². The first-order valence-electron chi connectivity index (χ1n) is 9.29. The van der Waals surface area contributed by atoms with Gasteiger partial charge in [-0.3, -0.25) is 0 Å². The van der Waals surface area contributed by atoms with E-state index in [-0.39, 0.29) is 5.60 Å². The van der Waals surface area contributed by atoms with Crippen molar-refractivity contribution in [3.63, 3.8) is 0 Å². The Labute approximate surface area is 155 Å². The molecule has 3 rings (SSSR count). The van der Waals surface area contributed by atoms with Crippen molar-refractivity contribution in [1.29, 1.82) is 0 Å². The lowest BCUT2D eigenvalue weighted by Gasteiger charge is -2.36. The number of fused-ring (bicyclic) bond motifs is 1. The number of rotatable bonds is 6. The van der Waals surface area contributed by atoms with E-state index in [4.69, 9.17) is 18.9 Å². The Balaban J connectivity index is 1.69. The fourth-order valence-electron chi connectivity index (χ4n) is 3.31. The SMILES string of the molecule is CCNC(=NCc1oc2ccccc2c1C)NCC1(OC)CCOCC1. The predicted octanol–water partition coefficient (Wildman–Crippen LogP) is 2.99. The molecule has 1 aliphatic heterocycles. The molecule has 1 aromatic carbocycles. The highest BCUT2D eigenvalue weighted by Crippen LogP contribution is 2.25. The third kappa shape index (κ3) is 4.19. The maximum atomic E-state index is 5.96. The first-order chi connectivity index (χ1) is 12.7. The molecule has 1 fully saturated rings. The third-order valence-electron chi connectivity index (χ3n) is 5.08. The number of hydrogen-bond donors (Lipinski definition) is 2. The Morgan fingerprint density at radius 2 is 2.00 bits per heavy atom. The van der Waals surface area contributed by atoms with Gasteiger partial charge in [-0.1, -0.05) is 18.2 Å². The third-order valence-corrected chi connectivity index (χ3v) is 5.08. The summed E-state index contributed by atoms with van der Waals surface area (Å²) in [5.74, 6) is 1.67. The van der Waals surface area contributed by atoms with Gasteiger partial charge in [0.25, 0.3) is 0 Å². The monoisotopic (exact) mass is 359 g/mol. The highest BCUT2D eigenvalue weighted by molar-refractivity contribution is 5.82. The van der Waals surface area contributed by atoms with E-state index >= 15 is 0 Å². The standard InChI is InChI=1S/C20H29N3O3/c1-4-21-19(23-14-20(24-3)9-11-25-12-10-20)22-13-18-15(2)16-7-5-6-8-17(16)26-18/h5-8H,4,9-14H2,1-3H3,(H2,21,22,23). The summed E-state index contributed by atoms with van der Waals surface area (Å²) in [5.41, 5.74) is 1.87. The highest BCUT2D eigenvalue weighted by Gasteiger charge is 2.32. The largest absolute Gasteiger partial charge is 0.459 e. The number of hydrogen-bond acceptors (Lipinski definition) is 4. The second kappa shape index (κ2) is 8.56. The second-order valence-corrected chi connectivity index (χ2v) is 6.69. The van der Waals surface area contributed by atoms with Gasteiger partial charge in [-0.05, 0) is 19.9 Å². The molecule has 1 saturated heterocycles. The van der Waals surface area contributed by atoms with Crippen LogP contribution in [0.5, 0.6) is 0 Å². The molecule has 0 spiro atoms. The van der Waals surface area contributed by atoms with E-state index in [2.05, 4.69) is 30.5 Å². The summed E-state index contributed by atoms with van der Waals surface area (Å²) in [7, 11) is 1.77. The minimum absolute atomic E-state index is 0.191. The van der Waals surface area contributed by atoms with Crippen LogP contribution in [0.2, 0.25) is 0 Å². The van der Waals surface area contributed by atoms with E-state index < -0.39 is 0 Å². The zero-order chi connectivity index (χ0) is 18.4. The molecule has 6 nitrogen and oxygen atoms in total. The van der Waals surface area contributed by atoms with Gasteiger partial charge in [0.15, 0.2) is 5.96 Å². The Morgan fingerprint density at radius 3 is 2.69 bits per heavy atom. The number of aliphatic imine (C=N–C) groups is 1. The van der Waals surface area contributed by atoms with Crippen molar-refractivity contribution < 1.29 is 13.9 Å². The smallest absolute Gasteiger partial charge is 0.191 e. The Bertz CT molecular complexity index is 748. The molecule has 0 saturated carbocycles. The van der Waals surface area contributed by atoms with Gasteiger partial charge in [-0.25, -0.2) is 4.99 Å². The number of ether oxygens (including phenoxy) is 2. The van der Waals surface area contributed by atoms with E-state index in [1.165, 1.54) is 0 Å². The molecule has 2 N–H and O–H groups in total. The lowest BCUT2D eigenvalue weighted by molar-refractivity contribution is -0.0855. The Hall–Kier alpha value is -2.05. The van der Waals surface area contributed by atoms with Gasteiger partial charge in [0.05, 0.1) is 5.60 Å². The lowest BCUT2D eigenvalue weighted by Crippen LogP contribution is -2.50. The number of nitrogens with one attached hydrogen (secondary N) is 2. The van der Waals surface area contributed by atoms with Crippen molar-refractivity contribution in [3.05, 3.63) is 35.6 Å². The fourth-order valence-corrected chi connectivity index (χ4v) is 3.31. The molecule has 2 aromatic rings. The van der Waals surface area contributed by atoms with Crippen molar-refractivity contribution in [1.82, 2.24) is 10.6 Å². The average Bonchev–Trinajstić information content (AvgIpc) is 3.01. The van der Waals surface area contributed by atoms with Gasteiger partial charge >= 0.3 is 0 Å². The van der Waals surface area contributed by atoms with E-state index in [1.54, 1.807) is 7.11 Å². The first-order valence-corrected chi connectivity index (χ1v) is 9.29. The number of furan rings is 1. The molecule has 2 heterocycles. The zero-order valence-electron chi connectivity index (χ0n) is 15.9. The number of para-hydroxylation sites is 1. The maximum absolute atomic E-state index is 5.96. The maximum Gasteiger partial charge on any atom is 0.191 e. The first kappa shape index (κ1) is 18.7. The Kier molecular flexibility index (Phi) is 6.16. The second-order valence-electron chi connectivity index (χ2n) is 6.69. The Morgan fingerprint density at radius 1 is 1.23 bits per heavy atom. The van der Waals surface area contributed by atoms with E-state index in [0.717, 1.165) is 60.9 Å². The molecule has 0 radical (unpaired) electrons. The quantitative estimate of drug-likeness (QED) is 0.613. The molecule has 0 aliphatic carbocycles. The molecule has 0 bridgehead atoms. The highest BCUT2D eigenvalue weighted by atomic mass is 16.5. The van der Waals surface area contributed by atoms with Crippen LogP contribution >= 0.6 is 0 Å². The van der Waals surface area contributed by atoms with Crippen molar-refractivity contribution >= 4 is 16.9 Å². The van der Waals surface area contributed by atoms with Gasteiger partial charge in [0.1, 0.15) is 17.9 Å². The summed E-state index contributed by atoms with van der Waals surface area (Å²) >= 11 is 0. The number of aryl methyl sites for hydroxylation is 1. The van der Waals surface area contributed by atoms with Gasteiger partial charge in [-0.15, -0.1) is 0 Å². The van der Waals surface area contributed by atoms with Crippen LogP contribution in [0, 0.1) is 6.92 Å². The molecule has 0 atom stereocenters. The summed E-state index contributed by atoms with van der Waals surface area (Å²) in [5, 5.41) is 7.87. The number of methoxy groups -OCH3 is 1. The van der Waals surface area contributed by atoms with Crippen LogP contribution in [0.1, 0.15) is 31.1 Å². The zero-order valence-corrected chi connectivity index (χ0v) is 15.9. The molecular formula is C20H29N3O3. The van der Waals surface area contributed by atoms with Crippen molar-refractivity contribution in [3.8, 4) is 0 Å². The van der Waals surface area contributed by atoms with Crippen LogP contribution in [0.15, 0.2) is 33.7 Å². The molecule has 1 aromatic heterocycles. The van der Waals surface area contributed by atoms with Gasteiger partial charge < -0.3 is 24.5 Å². The predicted molar refractivity (Wildman–Crippen MR) is 104 cm³/mol. The van der Waals surface area contributed by atoms with Crippen LogP contribution in [0.25, 0.3) is 11.0 Å². The summed E-state index contributed by atoms with van der Waals surface area (Å²) < 4.78 is 17.2. The summed E-state index contributed by atoms with van der Waals surface area (Å²) in [6.45, 7) is 7.62. The van der Waals surface area contributed by atoms with Gasteiger partial charge in [-0.2, -0.15) is 0 Å². The van der Waals surface area contributed by atoms with Crippen LogP contribution in [-0.4, -0.2) is 45.0 Å². The molecule has 6 heteroatoms. The molecule has 1 aliphatic rings. The normalized spacial score (nSPS) is 17.4. The van der Waals surface area contributed by atoms with Crippen molar-refractivity contribution in [2.75, 3.05) is 33.4 Å². The topological polar surface area (TPSA) is 68.0 Å². The van der Waals surface area contributed by atoms with Crippen LogP contribution in [-0.2, 0) is 16.0 Å². The van der Waals surface area contributed by atoms with Crippen LogP contribution < -0.4 is 10.6 Å². The molecular weight excluding hydrogens is 330 g/mol. The molecule has 26 heavy (non-hydrogen) atoms. The van der Waals surface area contributed by atoms with Gasteiger partial charge in [0.2, 0.25) is 0 Å². The molecule has 0 amide bonds. The summed E-state index contributed by atoms with van der Waals surface area (Å²) in [6.07, 6.45) is 1.77. The van der Waals surface area contributed by atoms with Crippen LogP contribution in [0.3, 0.4) is 0 Å².